The van der Waals surface area contributed by atoms with Crippen molar-refractivity contribution in [1.29, 1.82) is 0 Å². The van der Waals surface area contributed by atoms with Crippen molar-refractivity contribution in [3.05, 3.63) is 36.1 Å². The van der Waals surface area contributed by atoms with Gasteiger partial charge in [0, 0.05) is 41.1 Å². The first-order valence-electron chi connectivity index (χ1n) is 7.65. The van der Waals surface area contributed by atoms with Crippen molar-refractivity contribution in [2.24, 2.45) is 5.73 Å². The van der Waals surface area contributed by atoms with E-state index in [1.54, 1.807) is 0 Å². The highest BCUT2D eigenvalue weighted by Gasteiger charge is 2.28. The number of hydrogen-bond acceptors (Lipinski definition) is 4. The summed E-state index contributed by atoms with van der Waals surface area (Å²) in [4.78, 5) is 2.53. The van der Waals surface area contributed by atoms with E-state index in [1.807, 2.05) is 18.4 Å². The lowest BCUT2D eigenvalue weighted by molar-refractivity contribution is 0.211. The average molecular weight is 304 g/mol. The van der Waals surface area contributed by atoms with E-state index >= 15 is 0 Å². The van der Waals surface area contributed by atoms with E-state index < -0.39 is 0 Å². The van der Waals surface area contributed by atoms with Crippen LogP contribution in [0, 0.1) is 0 Å². The van der Waals surface area contributed by atoms with Gasteiger partial charge >= 0.3 is 0 Å². The summed E-state index contributed by atoms with van der Waals surface area (Å²) in [5, 5.41) is 1.20. The lowest BCUT2D eigenvalue weighted by Crippen LogP contribution is -2.35. The van der Waals surface area contributed by atoms with E-state index in [2.05, 4.69) is 42.6 Å². The van der Waals surface area contributed by atoms with E-state index in [0.717, 1.165) is 18.7 Å². The van der Waals surface area contributed by atoms with Gasteiger partial charge in [-0.3, -0.25) is 4.90 Å². The summed E-state index contributed by atoms with van der Waals surface area (Å²) >= 11 is 2.07. The van der Waals surface area contributed by atoms with Gasteiger partial charge in [0.05, 0.1) is 12.3 Å². The Hall–Kier alpha value is -0.970. The minimum absolute atomic E-state index is 0.253. The first kappa shape index (κ1) is 14.9. The molecule has 1 aliphatic rings. The van der Waals surface area contributed by atoms with Gasteiger partial charge in [0.25, 0.3) is 0 Å². The van der Waals surface area contributed by atoms with Gasteiger partial charge in [0.1, 0.15) is 5.58 Å². The Balaban J connectivity index is 1.88. The van der Waals surface area contributed by atoms with Crippen LogP contribution < -0.4 is 5.73 Å². The number of fused-ring (bicyclic) bond motifs is 1. The molecule has 1 aliphatic heterocycles. The molecule has 1 fully saturated rings. The number of thioether (sulfide) groups is 1. The largest absolute Gasteiger partial charge is 0.464 e. The molecule has 1 aromatic heterocycles. The van der Waals surface area contributed by atoms with Crippen LogP contribution in [0.4, 0.5) is 0 Å². The van der Waals surface area contributed by atoms with E-state index in [1.165, 1.54) is 23.1 Å². The third kappa shape index (κ3) is 3.12. The molecule has 1 atom stereocenters. The van der Waals surface area contributed by atoms with Gasteiger partial charge in [-0.05, 0) is 12.5 Å². The van der Waals surface area contributed by atoms with Crippen molar-refractivity contribution in [2.45, 2.75) is 31.1 Å². The Bertz CT molecular complexity index is 608. The van der Waals surface area contributed by atoms with Crippen molar-refractivity contribution in [1.82, 2.24) is 4.90 Å². The van der Waals surface area contributed by atoms with Crippen LogP contribution in [-0.4, -0.2) is 35.0 Å². The summed E-state index contributed by atoms with van der Waals surface area (Å²) in [6.07, 6.45) is 3.09. The second-order valence-corrected chi connectivity index (χ2v) is 8.13. The molecule has 0 amide bonds. The Kier molecular flexibility index (Phi) is 4.29. The molecule has 2 aromatic rings. The highest BCUT2D eigenvalue weighted by atomic mass is 32.2. The van der Waals surface area contributed by atoms with Crippen LogP contribution in [0.25, 0.3) is 11.0 Å². The van der Waals surface area contributed by atoms with Crippen LogP contribution >= 0.6 is 11.8 Å². The molecule has 0 radical (unpaired) electrons. The Labute approximate surface area is 130 Å². The molecular weight excluding hydrogens is 280 g/mol. The minimum Gasteiger partial charge on any atom is -0.464 e. The fraction of sp³-hybridized carbons (Fsp3) is 0.529. The van der Waals surface area contributed by atoms with Gasteiger partial charge in [0.2, 0.25) is 0 Å². The number of rotatable bonds is 3. The number of nitrogens with zero attached hydrogens (tertiary/aromatic N) is 1. The molecule has 21 heavy (non-hydrogen) atoms. The van der Waals surface area contributed by atoms with Gasteiger partial charge in [0.15, 0.2) is 0 Å². The summed E-state index contributed by atoms with van der Waals surface area (Å²) in [6, 6.07) is 8.48. The SMILES string of the molecule is CC1(C)CCN(C(CN)c2coc3ccccc23)CCS1. The fourth-order valence-electron chi connectivity index (χ4n) is 3.08. The van der Waals surface area contributed by atoms with E-state index in [-0.39, 0.29) is 6.04 Å². The molecule has 0 aliphatic carbocycles. The topological polar surface area (TPSA) is 42.4 Å². The van der Waals surface area contributed by atoms with Gasteiger partial charge in [-0.1, -0.05) is 32.0 Å². The molecule has 2 N–H and O–H groups in total. The van der Waals surface area contributed by atoms with Crippen LogP contribution in [0.3, 0.4) is 0 Å². The highest BCUT2D eigenvalue weighted by molar-refractivity contribution is 8.00. The molecule has 1 saturated heterocycles. The van der Waals surface area contributed by atoms with Crippen LogP contribution in [0.2, 0.25) is 0 Å². The van der Waals surface area contributed by atoms with Crippen LogP contribution in [0.5, 0.6) is 0 Å². The predicted octanol–water partition coefficient (Wildman–Crippen LogP) is 3.65. The standard InChI is InChI=1S/C17H24N2OS/c1-17(2)7-8-19(9-10-21-17)15(11-18)14-12-20-16-6-4-3-5-13(14)16/h3-6,12,15H,7-11,18H2,1-2H3. The molecule has 2 heterocycles. The summed E-state index contributed by atoms with van der Waals surface area (Å²) in [5.74, 6) is 1.17. The zero-order chi connectivity index (χ0) is 14.9. The second kappa shape index (κ2) is 6.03. The third-order valence-corrected chi connectivity index (χ3v) is 5.78. The van der Waals surface area contributed by atoms with Gasteiger partial charge in [-0.15, -0.1) is 0 Å². The van der Waals surface area contributed by atoms with Crippen molar-refractivity contribution in [3.63, 3.8) is 0 Å². The lowest BCUT2D eigenvalue weighted by Gasteiger charge is -2.29. The Morgan fingerprint density at radius 3 is 2.95 bits per heavy atom. The Morgan fingerprint density at radius 2 is 2.14 bits per heavy atom. The number of nitrogens with two attached hydrogens (primary N) is 1. The quantitative estimate of drug-likeness (QED) is 0.940. The molecule has 0 spiro atoms. The van der Waals surface area contributed by atoms with Crippen LogP contribution in [-0.2, 0) is 0 Å². The number of hydrogen-bond donors (Lipinski definition) is 1. The van der Waals surface area contributed by atoms with Gasteiger partial charge in [-0.2, -0.15) is 11.8 Å². The zero-order valence-corrected chi connectivity index (χ0v) is 13.7. The zero-order valence-electron chi connectivity index (χ0n) is 12.8. The Morgan fingerprint density at radius 1 is 1.33 bits per heavy atom. The normalized spacial score (nSPS) is 21.3. The third-order valence-electron chi connectivity index (χ3n) is 4.41. The smallest absolute Gasteiger partial charge is 0.134 e. The predicted molar refractivity (Wildman–Crippen MR) is 90.7 cm³/mol. The lowest BCUT2D eigenvalue weighted by atomic mass is 10.0. The number of benzene rings is 1. The first-order valence-corrected chi connectivity index (χ1v) is 8.63. The maximum atomic E-state index is 6.11. The van der Waals surface area contributed by atoms with Crippen LogP contribution in [0.1, 0.15) is 31.9 Å². The monoisotopic (exact) mass is 304 g/mol. The first-order chi connectivity index (χ1) is 10.1. The van der Waals surface area contributed by atoms with E-state index in [9.17, 15) is 0 Å². The molecule has 114 valence electrons. The molecule has 0 saturated carbocycles. The number of furan rings is 1. The molecule has 3 rings (SSSR count). The molecule has 3 nitrogen and oxygen atoms in total. The molecule has 0 bridgehead atoms. The maximum absolute atomic E-state index is 6.11. The molecular formula is C17H24N2OS. The summed E-state index contributed by atoms with van der Waals surface area (Å²) in [6.45, 7) is 7.50. The second-order valence-electron chi connectivity index (χ2n) is 6.33. The van der Waals surface area contributed by atoms with E-state index in [0.29, 0.717) is 11.3 Å². The summed E-state index contributed by atoms with van der Waals surface area (Å²) in [7, 11) is 0. The maximum Gasteiger partial charge on any atom is 0.134 e. The van der Waals surface area contributed by atoms with E-state index in [4.69, 9.17) is 10.2 Å². The van der Waals surface area contributed by atoms with Crippen molar-refractivity contribution < 1.29 is 4.42 Å². The van der Waals surface area contributed by atoms with Crippen molar-refractivity contribution in [3.8, 4) is 0 Å². The van der Waals surface area contributed by atoms with Crippen LogP contribution in [0.15, 0.2) is 34.9 Å². The summed E-state index contributed by atoms with van der Waals surface area (Å²) < 4.78 is 6.07. The minimum atomic E-state index is 0.253. The summed E-state index contributed by atoms with van der Waals surface area (Å²) in [5.41, 5.74) is 8.30. The van der Waals surface area contributed by atoms with Crippen molar-refractivity contribution in [2.75, 3.05) is 25.4 Å². The molecule has 4 heteroatoms. The average Bonchev–Trinajstić information content (AvgIpc) is 2.80. The van der Waals surface area contributed by atoms with Gasteiger partial charge in [-0.25, -0.2) is 0 Å². The molecule has 1 unspecified atom stereocenters. The number of para-hydroxylation sites is 1. The van der Waals surface area contributed by atoms with Gasteiger partial charge < -0.3 is 10.2 Å². The van der Waals surface area contributed by atoms with Crippen molar-refractivity contribution >= 4 is 22.7 Å². The molecule has 1 aromatic carbocycles. The fourth-order valence-corrected chi connectivity index (χ4v) is 4.19. The highest BCUT2D eigenvalue weighted by Crippen LogP contribution is 2.35.